The fourth-order valence-electron chi connectivity index (χ4n) is 2.39. The van der Waals surface area contributed by atoms with E-state index in [1.54, 1.807) is 0 Å². The zero-order valence-corrected chi connectivity index (χ0v) is 12.7. The number of carbonyl (C=O) groups excluding carboxylic acids is 1. The van der Waals surface area contributed by atoms with Crippen LogP contribution in [0, 0.1) is 0 Å². The Hall–Kier alpha value is -1.11. The van der Waals surface area contributed by atoms with Gasteiger partial charge in [0.1, 0.15) is 5.78 Å². The van der Waals surface area contributed by atoms with Crippen LogP contribution in [0.1, 0.15) is 71.3 Å². The number of Topliss-reactive ketones (excluding diaryl/α,β-unsaturated/α-hetero) is 1. The van der Waals surface area contributed by atoms with E-state index < -0.39 is 0 Å². The molecule has 1 heteroatoms. The standard InChI is InChI=1S/C18H28O/c1-4-5-6-7-8-12-15-17(19)18(2,3)16-13-10-9-11-14-16/h9-11,13-14H,4-8,12,15H2,1-3H3. The van der Waals surface area contributed by atoms with Gasteiger partial charge in [0.15, 0.2) is 0 Å². The van der Waals surface area contributed by atoms with Crippen molar-refractivity contribution in [3.8, 4) is 0 Å². The molecule has 106 valence electrons. The fraction of sp³-hybridized carbons (Fsp3) is 0.611. The Bertz CT molecular complexity index is 365. The summed E-state index contributed by atoms with van der Waals surface area (Å²) in [5.74, 6) is 0.370. The SMILES string of the molecule is CCCCCCCCC(=O)C(C)(C)c1ccccc1. The minimum atomic E-state index is -0.343. The van der Waals surface area contributed by atoms with Gasteiger partial charge in [-0.2, -0.15) is 0 Å². The second-order valence-corrected chi connectivity index (χ2v) is 5.93. The average molecular weight is 260 g/mol. The molecule has 0 atom stereocenters. The van der Waals surface area contributed by atoms with E-state index in [0.717, 1.165) is 12.0 Å². The van der Waals surface area contributed by atoms with Gasteiger partial charge < -0.3 is 0 Å². The van der Waals surface area contributed by atoms with Gasteiger partial charge in [-0.1, -0.05) is 69.4 Å². The van der Waals surface area contributed by atoms with Crippen molar-refractivity contribution in [2.24, 2.45) is 0 Å². The van der Waals surface area contributed by atoms with Crippen molar-refractivity contribution in [1.82, 2.24) is 0 Å². The molecule has 0 saturated heterocycles. The molecule has 1 aromatic rings. The molecule has 1 aromatic carbocycles. The van der Waals surface area contributed by atoms with Crippen LogP contribution in [0.25, 0.3) is 0 Å². The summed E-state index contributed by atoms with van der Waals surface area (Å²) < 4.78 is 0. The highest BCUT2D eigenvalue weighted by Crippen LogP contribution is 2.26. The normalized spacial score (nSPS) is 11.5. The lowest BCUT2D eigenvalue weighted by Gasteiger charge is -2.23. The molecule has 0 fully saturated rings. The monoisotopic (exact) mass is 260 g/mol. The number of hydrogen-bond donors (Lipinski definition) is 0. The molecule has 0 spiro atoms. The molecule has 0 radical (unpaired) electrons. The third-order valence-electron chi connectivity index (χ3n) is 3.95. The predicted octanol–water partition coefficient (Wildman–Crippen LogP) is 5.28. The molecular formula is C18H28O. The summed E-state index contributed by atoms with van der Waals surface area (Å²) in [5.41, 5.74) is 0.788. The van der Waals surface area contributed by atoms with Crippen LogP contribution >= 0.6 is 0 Å². The minimum Gasteiger partial charge on any atom is -0.299 e. The van der Waals surface area contributed by atoms with E-state index in [4.69, 9.17) is 0 Å². The predicted molar refractivity (Wildman–Crippen MR) is 82.5 cm³/mol. The molecular weight excluding hydrogens is 232 g/mol. The van der Waals surface area contributed by atoms with E-state index in [1.165, 1.54) is 32.1 Å². The van der Waals surface area contributed by atoms with Crippen LogP contribution in [0.5, 0.6) is 0 Å². The number of hydrogen-bond acceptors (Lipinski definition) is 1. The van der Waals surface area contributed by atoms with Gasteiger partial charge in [0.05, 0.1) is 0 Å². The van der Waals surface area contributed by atoms with Gasteiger partial charge in [0.25, 0.3) is 0 Å². The van der Waals surface area contributed by atoms with Gasteiger partial charge in [-0.25, -0.2) is 0 Å². The first-order valence-corrected chi connectivity index (χ1v) is 7.68. The topological polar surface area (TPSA) is 17.1 Å². The van der Waals surface area contributed by atoms with Crippen molar-refractivity contribution < 1.29 is 4.79 Å². The summed E-state index contributed by atoms with van der Waals surface area (Å²) in [4.78, 5) is 12.4. The summed E-state index contributed by atoms with van der Waals surface area (Å²) in [5, 5.41) is 0. The quantitative estimate of drug-likeness (QED) is 0.552. The molecule has 0 aromatic heterocycles. The van der Waals surface area contributed by atoms with Crippen LogP contribution in [0.3, 0.4) is 0 Å². The number of benzene rings is 1. The van der Waals surface area contributed by atoms with Crippen molar-refractivity contribution >= 4 is 5.78 Å². The smallest absolute Gasteiger partial charge is 0.142 e. The molecule has 0 heterocycles. The third-order valence-corrected chi connectivity index (χ3v) is 3.95. The van der Waals surface area contributed by atoms with Gasteiger partial charge in [0, 0.05) is 11.8 Å². The summed E-state index contributed by atoms with van der Waals surface area (Å²) in [6, 6.07) is 10.1. The number of rotatable bonds is 9. The van der Waals surface area contributed by atoms with Gasteiger partial charge in [-0.15, -0.1) is 0 Å². The Balaban J connectivity index is 2.36. The second-order valence-electron chi connectivity index (χ2n) is 5.93. The summed E-state index contributed by atoms with van der Waals surface area (Å²) >= 11 is 0. The third kappa shape index (κ3) is 5.18. The molecule has 1 nitrogen and oxygen atoms in total. The Morgan fingerprint density at radius 1 is 0.947 bits per heavy atom. The molecule has 0 amide bonds. The zero-order chi connectivity index (χ0) is 14.1. The van der Waals surface area contributed by atoms with Crippen molar-refractivity contribution in [2.75, 3.05) is 0 Å². The van der Waals surface area contributed by atoms with Crippen LogP contribution in [-0.2, 0) is 10.2 Å². The molecule has 0 unspecified atom stereocenters. The van der Waals surface area contributed by atoms with E-state index in [1.807, 2.05) is 32.0 Å². The Morgan fingerprint density at radius 2 is 1.53 bits per heavy atom. The highest BCUT2D eigenvalue weighted by molar-refractivity contribution is 5.89. The van der Waals surface area contributed by atoms with E-state index in [-0.39, 0.29) is 5.41 Å². The Morgan fingerprint density at radius 3 is 2.16 bits per heavy atom. The molecule has 0 aliphatic carbocycles. The fourth-order valence-corrected chi connectivity index (χ4v) is 2.39. The van der Waals surface area contributed by atoms with Crippen LogP contribution in [0.2, 0.25) is 0 Å². The van der Waals surface area contributed by atoms with Crippen LogP contribution in [-0.4, -0.2) is 5.78 Å². The van der Waals surface area contributed by atoms with Crippen LogP contribution < -0.4 is 0 Å². The maximum absolute atomic E-state index is 12.4. The highest BCUT2D eigenvalue weighted by Gasteiger charge is 2.28. The van der Waals surface area contributed by atoms with Crippen molar-refractivity contribution in [2.45, 2.75) is 71.1 Å². The van der Waals surface area contributed by atoms with E-state index in [2.05, 4.69) is 19.1 Å². The van der Waals surface area contributed by atoms with Crippen LogP contribution in [0.15, 0.2) is 30.3 Å². The molecule has 0 saturated carbocycles. The Labute approximate surface area is 118 Å². The number of carbonyl (C=O) groups is 1. The molecule has 0 N–H and O–H groups in total. The maximum atomic E-state index is 12.4. The van der Waals surface area contributed by atoms with Gasteiger partial charge in [0.2, 0.25) is 0 Å². The van der Waals surface area contributed by atoms with Crippen molar-refractivity contribution in [1.29, 1.82) is 0 Å². The average Bonchev–Trinajstić information content (AvgIpc) is 2.43. The molecule has 0 aliphatic rings. The van der Waals surface area contributed by atoms with Crippen molar-refractivity contribution in [3.05, 3.63) is 35.9 Å². The Kier molecular flexibility index (Phi) is 6.83. The summed E-state index contributed by atoms with van der Waals surface area (Å²) in [7, 11) is 0. The van der Waals surface area contributed by atoms with Crippen molar-refractivity contribution in [3.63, 3.8) is 0 Å². The molecule has 0 aliphatic heterocycles. The number of unbranched alkanes of at least 4 members (excludes halogenated alkanes) is 5. The summed E-state index contributed by atoms with van der Waals surface area (Å²) in [6.07, 6.45) is 8.13. The first-order valence-electron chi connectivity index (χ1n) is 7.68. The molecule has 0 bridgehead atoms. The lowest BCUT2D eigenvalue weighted by molar-refractivity contribution is -0.123. The van der Waals surface area contributed by atoms with Gasteiger partial charge >= 0.3 is 0 Å². The maximum Gasteiger partial charge on any atom is 0.142 e. The largest absolute Gasteiger partial charge is 0.299 e. The first-order chi connectivity index (χ1) is 9.09. The lowest BCUT2D eigenvalue weighted by atomic mass is 9.79. The van der Waals surface area contributed by atoms with E-state index >= 15 is 0 Å². The minimum absolute atomic E-state index is 0.343. The first kappa shape index (κ1) is 15.9. The summed E-state index contributed by atoms with van der Waals surface area (Å²) in [6.45, 7) is 6.31. The van der Waals surface area contributed by atoms with E-state index in [0.29, 0.717) is 12.2 Å². The number of ketones is 1. The molecule has 1 rings (SSSR count). The van der Waals surface area contributed by atoms with E-state index in [9.17, 15) is 4.79 Å². The second kappa shape index (κ2) is 8.14. The lowest BCUT2D eigenvalue weighted by Crippen LogP contribution is -2.28. The van der Waals surface area contributed by atoms with Gasteiger partial charge in [-0.05, 0) is 25.8 Å². The highest BCUT2D eigenvalue weighted by atomic mass is 16.1. The van der Waals surface area contributed by atoms with Crippen LogP contribution in [0.4, 0.5) is 0 Å². The van der Waals surface area contributed by atoms with Gasteiger partial charge in [-0.3, -0.25) is 4.79 Å². The zero-order valence-electron chi connectivity index (χ0n) is 12.7. The molecule has 19 heavy (non-hydrogen) atoms.